The second kappa shape index (κ2) is 11.3. The van der Waals surface area contributed by atoms with Crippen LogP contribution in [0.25, 0.3) is 0 Å². The highest BCUT2D eigenvalue weighted by atomic mass is 16.6. The van der Waals surface area contributed by atoms with Gasteiger partial charge in [-0.05, 0) is 39.3 Å². The first kappa shape index (κ1) is 25.1. The van der Waals surface area contributed by atoms with E-state index < -0.39 is 34.2 Å². The minimum absolute atomic E-state index is 0.105. The van der Waals surface area contributed by atoms with Crippen molar-refractivity contribution in [2.45, 2.75) is 33.3 Å². The van der Waals surface area contributed by atoms with Crippen LogP contribution >= 0.6 is 0 Å². The van der Waals surface area contributed by atoms with Crippen LogP contribution in [0.5, 0.6) is 0 Å². The molecule has 2 aromatic rings. The number of nitro groups is 1. The van der Waals surface area contributed by atoms with E-state index in [-0.39, 0.29) is 23.4 Å². The average molecular weight is 431 g/mol. The molecule has 166 valence electrons. The lowest BCUT2D eigenvalue weighted by Gasteiger charge is -2.20. The summed E-state index contributed by atoms with van der Waals surface area (Å²) in [5.74, 6) is -1.90. The third-order valence-corrected chi connectivity index (χ3v) is 3.37. The Morgan fingerprint density at radius 1 is 1.03 bits per heavy atom. The van der Waals surface area contributed by atoms with Crippen LogP contribution in [0.4, 0.5) is 16.2 Å². The Labute approximate surface area is 178 Å². The molecule has 2 rings (SSSR count). The van der Waals surface area contributed by atoms with Crippen molar-refractivity contribution in [3.05, 3.63) is 69.8 Å². The van der Waals surface area contributed by atoms with Gasteiger partial charge in [0.25, 0.3) is 5.69 Å². The molecule has 0 saturated carbocycles. The molecule has 0 aliphatic rings. The standard InChI is InChI=1S/C14H18N2O6.C7H6O2/c1-5-21-12(17)9-7-6-8-10(16(19)20)11(9)15-13(18)22-14(2,3)4;8-7(9)6-4-2-1-3-5-6/h6-8H,5H2,1-4H3,(H,15,18);1-5H,(H,8,9)/p-1. The maximum Gasteiger partial charge on any atom is 0.412 e. The monoisotopic (exact) mass is 431 g/mol. The minimum atomic E-state index is -1.13. The third-order valence-electron chi connectivity index (χ3n) is 3.37. The van der Waals surface area contributed by atoms with E-state index >= 15 is 0 Å². The number of rotatable bonds is 5. The molecule has 0 unspecified atom stereocenters. The van der Waals surface area contributed by atoms with Crippen LogP contribution in [0, 0.1) is 10.1 Å². The molecule has 0 aliphatic heterocycles. The molecule has 10 nitrogen and oxygen atoms in total. The van der Waals surface area contributed by atoms with Crippen LogP contribution in [0.2, 0.25) is 0 Å². The second-order valence-corrected chi connectivity index (χ2v) is 6.96. The number of esters is 1. The maximum absolute atomic E-state index is 11.9. The van der Waals surface area contributed by atoms with Crippen molar-refractivity contribution >= 4 is 29.4 Å². The summed E-state index contributed by atoms with van der Waals surface area (Å²) in [6, 6.07) is 11.9. The summed E-state index contributed by atoms with van der Waals surface area (Å²) in [5.41, 5.74) is -1.34. The van der Waals surface area contributed by atoms with E-state index in [4.69, 9.17) is 9.47 Å². The summed E-state index contributed by atoms with van der Waals surface area (Å²) < 4.78 is 9.88. The number of carboxylic acid groups (broad SMARTS) is 1. The number of carbonyl (C=O) groups is 3. The van der Waals surface area contributed by atoms with Crippen molar-refractivity contribution in [1.29, 1.82) is 0 Å². The van der Waals surface area contributed by atoms with Gasteiger partial charge in [-0.3, -0.25) is 15.4 Å². The van der Waals surface area contributed by atoms with Gasteiger partial charge in [-0.25, -0.2) is 9.59 Å². The summed E-state index contributed by atoms with van der Waals surface area (Å²) in [5, 5.41) is 23.4. The fourth-order valence-electron chi connectivity index (χ4n) is 2.18. The Balaban J connectivity index is 0.000000442. The van der Waals surface area contributed by atoms with Crippen molar-refractivity contribution in [3.63, 3.8) is 0 Å². The second-order valence-electron chi connectivity index (χ2n) is 6.96. The van der Waals surface area contributed by atoms with E-state index in [1.54, 1.807) is 45.9 Å². The number of anilines is 1. The predicted octanol–water partition coefficient (Wildman–Crippen LogP) is 3.17. The smallest absolute Gasteiger partial charge is 0.412 e. The number of benzene rings is 2. The van der Waals surface area contributed by atoms with E-state index in [1.807, 2.05) is 0 Å². The number of carboxylic acids is 1. The van der Waals surface area contributed by atoms with E-state index in [0.29, 0.717) is 0 Å². The molecule has 0 spiro atoms. The molecular formula is C21H23N2O8-. The topological polar surface area (TPSA) is 148 Å². The Bertz CT molecular complexity index is 936. The molecule has 1 N–H and O–H groups in total. The normalized spacial score (nSPS) is 10.2. The number of nitrogens with zero attached hydrogens (tertiary/aromatic N) is 1. The Morgan fingerprint density at radius 2 is 1.65 bits per heavy atom. The molecule has 0 heterocycles. The Morgan fingerprint density at radius 3 is 2.10 bits per heavy atom. The molecule has 0 radical (unpaired) electrons. The molecule has 0 saturated heterocycles. The first-order chi connectivity index (χ1) is 14.5. The maximum atomic E-state index is 11.9. The first-order valence-corrected chi connectivity index (χ1v) is 9.17. The Hall–Kier alpha value is -3.95. The minimum Gasteiger partial charge on any atom is -0.545 e. The van der Waals surface area contributed by atoms with E-state index in [9.17, 15) is 29.6 Å². The first-order valence-electron chi connectivity index (χ1n) is 9.17. The number of nitrogens with one attached hydrogen (secondary N) is 1. The highest BCUT2D eigenvalue weighted by Gasteiger charge is 2.26. The predicted molar refractivity (Wildman–Crippen MR) is 110 cm³/mol. The number of nitro benzene ring substituents is 1. The molecule has 2 aromatic carbocycles. The SMILES string of the molecule is CCOC(=O)c1cccc([N+](=O)[O-])c1NC(=O)OC(C)(C)C.O=C([O-])c1ccccc1. The molecule has 10 heteroatoms. The number of carbonyl (C=O) groups excluding carboxylic acids is 3. The molecule has 0 bridgehead atoms. The van der Waals surface area contributed by atoms with Crippen molar-refractivity contribution in [3.8, 4) is 0 Å². The van der Waals surface area contributed by atoms with Gasteiger partial charge in [-0.15, -0.1) is 0 Å². The zero-order valence-electron chi connectivity index (χ0n) is 17.5. The van der Waals surface area contributed by atoms with Gasteiger partial charge in [-0.1, -0.05) is 36.4 Å². The molecule has 0 fully saturated rings. The van der Waals surface area contributed by atoms with Crippen LogP contribution in [0.3, 0.4) is 0 Å². The van der Waals surface area contributed by atoms with Gasteiger partial charge >= 0.3 is 12.1 Å². The Kier molecular flexibility index (Phi) is 9.14. The van der Waals surface area contributed by atoms with Gasteiger partial charge in [0.2, 0.25) is 0 Å². The average Bonchev–Trinajstić information content (AvgIpc) is 2.67. The van der Waals surface area contributed by atoms with Gasteiger partial charge in [0.15, 0.2) is 0 Å². The summed E-state index contributed by atoms with van der Waals surface area (Å²) in [4.78, 5) is 44.2. The van der Waals surface area contributed by atoms with Gasteiger partial charge in [0.05, 0.1) is 23.1 Å². The zero-order valence-corrected chi connectivity index (χ0v) is 17.5. The van der Waals surface area contributed by atoms with Crippen LogP contribution in [-0.4, -0.2) is 35.2 Å². The molecule has 1 amide bonds. The fraction of sp³-hybridized carbons (Fsp3) is 0.286. The van der Waals surface area contributed by atoms with Crippen molar-refractivity contribution < 1.29 is 33.9 Å². The van der Waals surface area contributed by atoms with Gasteiger partial charge < -0.3 is 19.4 Å². The highest BCUT2D eigenvalue weighted by molar-refractivity contribution is 6.02. The number of hydrogen-bond donors (Lipinski definition) is 1. The van der Waals surface area contributed by atoms with Crippen molar-refractivity contribution in [2.24, 2.45) is 0 Å². The van der Waals surface area contributed by atoms with Gasteiger partial charge in [0, 0.05) is 6.07 Å². The van der Waals surface area contributed by atoms with Crippen LogP contribution in [0.1, 0.15) is 48.4 Å². The molecule has 0 aromatic heterocycles. The van der Waals surface area contributed by atoms with E-state index in [0.717, 1.165) is 0 Å². The lowest BCUT2D eigenvalue weighted by molar-refractivity contribution is -0.384. The summed E-state index contributed by atoms with van der Waals surface area (Å²) in [6.07, 6.45) is -0.896. The molecule has 0 atom stereocenters. The van der Waals surface area contributed by atoms with E-state index in [1.165, 1.54) is 30.3 Å². The van der Waals surface area contributed by atoms with Crippen LogP contribution in [0.15, 0.2) is 48.5 Å². The molecule has 0 aliphatic carbocycles. The quantitative estimate of drug-likeness (QED) is 0.431. The fourth-order valence-corrected chi connectivity index (χ4v) is 2.18. The van der Waals surface area contributed by atoms with Crippen molar-refractivity contribution in [2.75, 3.05) is 11.9 Å². The number of aromatic carboxylic acids is 1. The number of hydrogen-bond acceptors (Lipinski definition) is 8. The van der Waals surface area contributed by atoms with Crippen LogP contribution < -0.4 is 10.4 Å². The van der Waals surface area contributed by atoms with Gasteiger partial charge in [-0.2, -0.15) is 0 Å². The number of ether oxygens (including phenoxy) is 2. The highest BCUT2D eigenvalue weighted by Crippen LogP contribution is 2.29. The lowest BCUT2D eigenvalue weighted by atomic mass is 10.1. The largest absolute Gasteiger partial charge is 0.545 e. The van der Waals surface area contributed by atoms with E-state index in [2.05, 4.69) is 5.32 Å². The summed E-state index contributed by atoms with van der Waals surface area (Å²) in [6.45, 7) is 6.67. The molecule has 31 heavy (non-hydrogen) atoms. The summed E-state index contributed by atoms with van der Waals surface area (Å²) in [7, 11) is 0. The van der Waals surface area contributed by atoms with Gasteiger partial charge in [0.1, 0.15) is 11.3 Å². The third kappa shape index (κ3) is 8.52. The lowest BCUT2D eigenvalue weighted by Crippen LogP contribution is -2.28. The van der Waals surface area contributed by atoms with Crippen LogP contribution in [-0.2, 0) is 9.47 Å². The number of para-hydroxylation sites is 1. The number of amides is 1. The summed E-state index contributed by atoms with van der Waals surface area (Å²) >= 11 is 0. The van der Waals surface area contributed by atoms with Crippen molar-refractivity contribution in [1.82, 2.24) is 0 Å². The molecular weight excluding hydrogens is 408 g/mol. The zero-order chi connectivity index (χ0) is 23.6.